The Labute approximate surface area is 92.1 Å². The third-order valence-electron chi connectivity index (χ3n) is 2.52. The molecule has 3 nitrogen and oxygen atoms in total. The maximum Gasteiger partial charge on any atom is 0.160 e. The van der Waals surface area contributed by atoms with Crippen LogP contribution in [0.25, 0.3) is 0 Å². The van der Waals surface area contributed by atoms with Gasteiger partial charge in [-0.2, -0.15) is 5.10 Å². The van der Waals surface area contributed by atoms with E-state index in [4.69, 9.17) is 0 Å². The van der Waals surface area contributed by atoms with E-state index in [0.29, 0.717) is 11.7 Å². The largest absolute Gasteiger partial charge is 0.504 e. The van der Waals surface area contributed by atoms with Crippen LogP contribution in [-0.2, 0) is 12.0 Å². The number of aryl methyl sites for hydroxylation is 1. The van der Waals surface area contributed by atoms with Gasteiger partial charge in [-0.3, -0.25) is 4.68 Å². The first-order valence-electron chi connectivity index (χ1n) is 5.59. The van der Waals surface area contributed by atoms with Crippen molar-refractivity contribution in [3.05, 3.63) is 11.4 Å². The summed E-state index contributed by atoms with van der Waals surface area (Å²) in [6.07, 6.45) is 0. The maximum atomic E-state index is 10.2. The summed E-state index contributed by atoms with van der Waals surface area (Å²) in [7, 11) is 0. The van der Waals surface area contributed by atoms with Crippen LogP contribution in [0.4, 0.5) is 0 Å². The SMILES string of the molecule is CCn1nc(C(C)(C)C)c(O)c1C(C)C. The lowest BCUT2D eigenvalue weighted by Crippen LogP contribution is -2.13. The van der Waals surface area contributed by atoms with Crippen molar-refractivity contribution < 1.29 is 5.11 Å². The molecule has 15 heavy (non-hydrogen) atoms. The number of hydrogen-bond acceptors (Lipinski definition) is 2. The van der Waals surface area contributed by atoms with Gasteiger partial charge in [0.05, 0.1) is 5.69 Å². The second kappa shape index (κ2) is 3.87. The van der Waals surface area contributed by atoms with E-state index in [1.165, 1.54) is 0 Å². The Morgan fingerprint density at radius 1 is 1.33 bits per heavy atom. The van der Waals surface area contributed by atoms with Crippen LogP contribution in [-0.4, -0.2) is 14.9 Å². The van der Waals surface area contributed by atoms with E-state index in [2.05, 4.69) is 39.7 Å². The second-order valence-corrected chi connectivity index (χ2v) is 5.30. The highest BCUT2D eigenvalue weighted by atomic mass is 16.3. The lowest BCUT2D eigenvalue weighted by Gasteiger charge is -2.15. The smallest absolute Gasteiger partial charge is 0.160 e. The molecule has 1 aromatic heterocycles. The summed E-state index contributed by atoms with van der Waals surface area (Å²) in [6.45, 7) is 13.2. The minimum Gasteiger partial charge on any atom is -0.504 e. The minimum absolute atomic E-state index is 0.103. The molecule has 0 atom stereocenters. The summed E-state index contributed by atoms with van der Waals surface area (Å²) >= 11 is 0. The van der Waals surface area contributed by atoms with Gasteiger partial charge < -0.3 is 5.11 Å². The Kier molecular flexibility index (Phi) is 3.12. The zero-order valence-electron chi connectivity index (χ0n) is 10.6. The first-order chi connectivity index (χ1) is 6.79. The molecule has 1 N–H and O–H groups in total. The van der Waals surface area contributed by atoms with Crippen LogP contribution in [0.2, 0.25) is 0 Å². The van der Waals surface area contributed by atoms with Crippen LogP contribution >= 0.6 is 0 Å². The van der Waals surface area contributed by atoms with Gasteiger partial charge in [0.15, 0.2) is 5.75 Å². The van der Waals surface area contributed by atoms with Crippen LogP contribution in [0.3, 0.4) is 0 Å². The minimum atomic E-state index is -0.103. The van der Waals surface area contributed by atoms with Crippen molar-refractivity contribution in [2.75, 3.05) is 0 Å². The lowest BCUT2D eigenvalue weighted by molar-refractivity contribution is 0.436. The van der Waals surface area contributed by atoms with Gasteiger partial charge in [-0.15, -0.1) is 0 Å². The Morgan fingerprint density at radius 2 is 1.87 bits per heavy atom. The van der Waals surface area contributed by atoms with E-state index in [9.17, 15) is 5.11 Å². The van der Waals surface area contributed by atoms with Gasteiger partial charge in [-0.05, 0) is 12.8 Å². The fourth-order valence-corrected chi connectivity index (χ4v) is 1.78. The van der Waals surface area contributed by atoms with Gasteiger partial charge in [0, 0.05) is 12.0 Å². The highest BCUT2D eigenvalue weighted by Gasteiger charge is 2.27. The first kappa shape index (κ1) is 12.1. The van der Waals surface area contributed by atoms with E-state index < -0.39 is 0 Å². The zero-order valence-corrected chi connectivity index (χ0v) is 10.6. The summed E-state index contributed by atoms with van der Waals surface area (Å²) in [5.74, 6) is 0.674. The third kappa shape index (κ3) is 2.16. The topological polar surface area (TPSA) is 38.0 Å². The first-order valence-corrected chi connectivity index (χ1v) is 5.59. The molecular formula is C12H22N2O. The van der Waals surface area contributed by atoms with Gasteiger partial charge >= 0.3 is 0 Å². The van der Waals surface area contributed by atoms with Crippen molar-refractivity contribution in [3.63, 3.8) is 0 Å². The van der Waals surface area contributed by atoms with Crippen LogP contribution in [0.5, 0.6) is 5.75 Å². The number of rotatable bonds is 2. The summed E-state index contributed by atoms with van der Waals surface area (Å²) in [5, 5.41) is 14.7. The molecule has 0 aromatic carbocycles. The molecule has 0 amide bonds. The maximum absolute atomic E-state index is 10.2. The van der Waals surface area contributed by atoms with Gasteiger partial charge in [-0.25, -0.2) is 0 Å². The molecule has 1 aromatic rings. The quantitative estimate of drug-likeness (QED) is 0.814. The molecule has 0 saturated carbocycles. The van der Waals surface area contributed by atoms with Crippen molar-refractivity contribution in [1.82, 2.24) is 9.78 Å². The molecule has 1 heterocycles. The fourth-order valence-electron chi connectivity index (χ4n) is 1.78. The molecule has 0 spiro atoms. The molecule has 0 aliphatic carbocycles. The van der Waals surface area contributed by atoms with E-state index in [-0.39, 0.29) is 5.41 Å². The van der Waals surface area contributed by atoms with Crippen LogP contribution in [0.15, 0.2) is 0 Å². The van der Waals surface area contributed by atoms with Crippen molar-refractivity contribution >= 4 is 0 Å². The third-order valence-corrected chi connectivity index (χ3v) is 2.52. The van der Waals surface area contributed by atoms with Crippen molar-refractivity contribution in [1.29, 1.82) is 0 Å². The number of nitrogens with zero attached hydrogens (tertiary/aromatic N) is 2. The van der Waals surface area contributed by atoms with Crippen molar-refractivity contribution in [2.24, 2.45) is 0 Å². The Bertz CT molecular complexity index is 345. The Hall–Kier alpha value is -0.990. The second-order valence-electron chi connectivity index (χ2n) is 5.30. The molecule has 0 saturated heterocycles. The molecule has 3 heteroatoms. The average molecular weight is 210 g/mol. The molecule has 86 valence electrons. The van der Waals surface area contributed by atoms with Crippen LogP contribution in [0.1, 0.15) is 58.8 Å². The number of aromatic nitrogens is 2. The zero-order chi connectivity index (χ0) is 11.8. The fraction of sp³-hybridized carbons (Fsp3) is 0.750. The van der Waals surface area contributed by atoms with E-state index >= 15 is 0 Å². The molecule has 0 aliphatic rings. The summed E-state index contributed by atoms with van der Waals surface area (Å²) in [6, 6.07) is 0. The molecule has 0 fully saturated rings. The number of hydrogen-bond donors (Lipinski definition) is 1. The highest BCUT2D eigenvalue weighted by molar-refractivity contribution is 5.38. The van der Waals surface area contributed by atoms with Crippen molar-refractivity contribution in [2.45, 2.75) is 59.4 Å². The van der Waals surface area contributed by atoms with E-state index in [1.807, 2.05) is 11.6 Å². The summed E-state index contributed by atoms with van der Waals surface area (Å²) < 4.78 is 1.90. The van der Waals surface area contributed by atoms with Gasteiger partial charge in [-0.1, -0.05) is 34.6 Å². The molecule has 0 unspecified atom stereocenters. The summed E-state index contributed by atoms with van der Waals surface area (Å²) in [4.78, 5) is 0. The predicted molar refractivity (Wildman–Crippen MR) is 62.4 cm³/mol. The van der Waals surface area contributed by atoms with Crippen LogP contribution in [0, 0.1) is 0 Å². The van der Waals surface area contributed by atoms with Crippen molar-refractivity contribution in [3.8, 4) is 5.75 Å². The van der Waals surface area contributed by atoms with Crippen LogP contribution < -0.4 is 0 Å². The predicted octanol–water partition coefficient (Wildman–Crippen LogP) is 3.03. The molecule has 0 radical (unpaired) electrons. The lowest BCUT2D eigenvalue weighted by atomic mass is 9.91. The highest BCUT2D eigenvalue weighted by Crippen LogP contribution is 2.35. The molecule has 1 rings (SSSR count). The van der Waals surface area contributed by atoms with Gasteiger partial charge in [0.1, 0.15) is 5.69 Å². The van der Waals surface area contributed by atoms with E-state index in [0.717, 1.165) is 17.9 Å². The molecule has 0 aliphatic heterocycles. The standard InChI is InChI=1S/C12H22N2O/c1-7-14-9(8(2)3)10(15)11(13-14)12(4,5)6/h8,15H,7H2,1-6H3. The summed E-state index contributed by atoms with van der Waals surface area (Å²) in [5.41, 5.74) is 1.64. The van der Waals surface area contributed by atoms with E-state index in [1.54, 1.807) is 0 Å². The average Bonchev–Trinajstić information content (AvgIpc) is 2.41. The molecular weight excluding hydrogens is 188 g/mol. The van der Waals surface area contributed by atoms with Gasteiger partial charge in [0.2, 0.25) is 0 Å². The Morgan fingerprint density at radius 3 is 2.13 bits per heavy atom. The number of aromatic hydroxyl groups is 1. The normalized spacial score (nSPS) is 12.5. The van der Waals surface area contributed by atoms with Gasteiger partial charge in [0.25, 0.3) is 0 Å². The Balaban J connectivity index is 3.35. The molecule has 0 bridgehead atoms. The monoisotopic (exact) mass is 210 g/mol.